The number of furan rings is 1. The zero-order valence-corrected chi connectivity index (χ0v) is 30.4. The quantitative estimate of drug-likeness (QED) is 0.172. The van der Waals surface area contributed by atoms with Crippen molar-refractivity contribution in [2.45, 2.75) is 12.3 Å². The van der Waals surface area contributed by atoms with Crippen LogP contribution in [-0.4, -0.2) is 19.5 Å². The molecule has 1 aliphatic rings. The zero-order chi connectivity index (χ0) is 37.0. The topological polar surface area (TPSA) is 56.7 Å². The smallest absolute Gasteiger partial charge is 0.164 e. The van der Waals surface area contributed by atoms with Gasteiger partial charge in [0.2, 0.25) is 0 Å². The maximum atomic E-state index is 6.68. The Labute approximate surface area is 323 Å². The minimum absolute atomic E-state index is 0.359. The average Bonchev–Trinajstić information content (AvgIpc) is 3.82. The number of hydrogen-bond acceptors (Lipinski definition) is 4. The van der Waals surface area contributed by atoms with Gasteiger partial charge in [0.05, 0.1) is 11.0 Å². The standard InChI is InChI=1S/C51H34N4O/c1-5-14-33(15-6-1)37-24-28-44-42(30-37)43-31-38(34-16-7-2-8-17-34)25-29-45(43)55(44)39-26-27-40-47(32-39)56-46-23-13-22-41(48(40)46)51-53-49(35-18-9-3-10-19-35)52-50(54-51)36-20-11-4-12-21-36/h1-16,18-32,34H,17H2. The van der Waals surface area contributed by atoms with Crippen LogP contribution >= 0.6 is 0 Å². The van der Waals surface area contributed by atoms with Crippen molar-refractivity contribution in [2.24, 2.45) is 0 Å². The first-order chi connectivity index (χ1) is 27.7. The molecule has 0 spiro atoms. The molecular formula is C51H34N4O. The van der Waals surface area contributed by atoms with Crippen LogP contribution in [0.15, 0.2) is 193 Å². The molecule has 0 saturated carbocycles. The van der Waals surface area contributed by atoms with E-state index in [1.165, 1.54) is 27.5 Å². The van der Waals surface area contributed by atoms with E-state index in [2.05, 4.69) is 120 Å². The average molecular weight is 719 g/mol. The maximum Gasteiger partial charge on any atom is 0.164 e. The van der Waals surface area contributed by atoms with Crippen molar-refractivity contribution >= 4 is 43.7 Å². The van der Waals surface area contributed by atoms with Crippen molar-refractivity contribution in [1.29, 1.82) is 0 Å². The van der Waals surface area contributed by atoms with Crippen LogP contribution in [0.5, 0.6) is 0 Å². The van der Waals surface area contributed by atoms with Gasteiger partial charge in [-0.1, -0.05) is 140 Å². The molecule has 0 amide bonds. The molecule has 11 rings (SSSR count). The van der Waals surface area contributed by atoms with E-state index in [1.54, 1.807) is 0 Å². The summed E-state index contributed by atoms with van der Waals surface area (Å²) in [6.07, 6.45) is 9.87. The van der Waals surface area contributed by atoms with Gasteiger partial charge in [0.25, 0.3) is 0 Å². The Balaban J connectivity index is 1.09. The van der Waals surface area contributed by atoms with Crippen LogP contribution in [-0.2, 0) is 0 Å². The first-order valence-corrected chi connectivity index (χ1v) is 19.0. The molecule has 5 nitrogen and oxygen atoms in total. The van der Waals surface area contributed by atoms with Crippen molar-refractivity contribution < 1.29 is 4.42 Å². The van der Waals surface area contributed by atoms with Gasteiger partial charge >= 0.3 is 0 Å². The predicted octanol–water partition coefficient (Wildman–Crippen LogP) is 13.1. The first-order valence-electron chi connectivity index (χ1n) is 19.0. The summed E-state index contributed by atoms with van der Waals surface area (Å²) < 4.78 is 9.06. The highest BCUT2D eigenvalue weighted by Gasteiger charge is 2.21. The zero-order valence-electron chi connectivity index (χ0n) is 30.4. The normalized spacial score (nSPS) is 14.0. The summed E-state index contributed by atoms with van der Waals surface area (Å²) in [4.78, 5) is 15.0. The Kier molecular flexibility index (Phi) is 7.56. The number of rotatable bonds is 6. The Morgan fingerprint density at radius 3 is 1.84 bits per heavy atom. The van der Waals surface area contributed by atoms with E-state index in [-0.39, 0.29) is 0 Å². The van der Waals surface area contributed by atoms with Crippen LogP contribution in [0.4, 0.5) is 0 Å². The van der Waals surface area contributed by atoms with Crippen molar-refractivity contribution in [3.05, 3.63) is 194 Å². The Morgan fingerprint density at radius 1 is 0.482 bits per heavy atom. The van der Waals surface area contributed by atoms with Crippen molar-refractivity contribution in [1.82, 2.24) is 19.5 Å². The predicted molar refractivity (Wildman–Crippen MR) is 229 cm³/mol. The lowest BCUT2D eigenvalue weighted by Crippen LogP contribution is -2.00. The second-order valence-corrected chi connectivity index (χ2v) is 14.4. The molecule has 1 aliphatic carbocycles. The number of aromatic nitrogens is 4. The molecule has 10 aromatic rings. The fraction of sp³-hybridized carbons (Fsp3) is 0.0392. The Bertz CT molecular complexity index is 3100. The van der Waals surface area contributed by atoms with E-state index >= 15 is 0 Å². The molecule has 3 heterocycles. The number of hydrogen-bond donors (Lipinski definition) is 0. The molecule has 0 aliphatic heterocycles. The summed E-state index contributed by atoms with van der Waals surface area (Å²) in [6, 6.07) is 57.3. The molecular weight excluding hydrogens is 685 g/mol. The lowest BCUT2D eigenvalue weighted by molar-refractivity contribution is 0.668. The summed E-state index contributed by atoms with van der Waals surface area (Å²) in [6.45, 7) is 0. The van der Waals surface area contributed by atoms with Gasteiger partial charge in [-0.25, -0.2) is 15.0 Å². The maximum absolute atomic E-state index is 6.68. The van der Waals surface area contributed by atoms with Gasteiger partial charge in [0.15, 0.2) is 17.5 Å². The minimum atomic E-state index is 0.359. The Hall–Kier alpha value is -7.37. The van der Waals surface area contributed by atoms with Gasteiger partial charge in [0.1, 0.15) is 11.2 Å². The monoisotopic (exact) mass is 718 g/mol. The highest BCUT2D eigenvalue weighted by Crippen LogP contribution is 2.41. The molecule has 0 fully saturated rings. The van der Waals surface area contributed by atoms with Crippen LogP contribution in [0.25, 0.3) is 94.7 Å². The molecule has 5 heteroatoms. The molecule has 56 heavy (non-hydrogen) atoms. The fourth-order valence-corrected chi connectivity index (χ4v) is 8.26. The summed E-state index contributed by atoms with van der Waals surface area (Å²) in [7, 11) is 0. The van der Waals surface area contributed by atoms with Gasteiger partial charge in [-0.3, -0.25) is 0 Å². The van der Waals surface area contributed by atoms with Gasteiger partial charge < -0.3 is 8.98 Å². The third-order valence-electron chi connectivity index (χ3n) is 11.0. The lowest BCUT2D eigenvalue weighted by atomic mass is 9.91. The van der Waals surface area contributed by atoms with Crippen molar-refractivity contribution in [3.8, 4) is 51.0 Å². The molecule has 3 aromatic heterocycles. The molecule has 1 atom stereocenters. The summed E-state index contributed by atoms with van der Waals surface area (Å²) in [5.74, 6) is 2.22. The van der Waals surface area contributed by atoms with Gasteiger partial charge in [-0.15, -0.1) is 0 Å². The van der Waals surface area contributed by atoms with Gasteiger partial charge in [0, 0.05) is 55.9 Å². The second kappa shape index (κ2) is 13.2. The number of fused-ring (bicyclic) bond motifs is 6. The van der Waals surface area contributed by atoms with E-state index in [9.17, 15) is 0 Å². The third-order valence-corrected chi connectivity index (χ3v) is 11.0. The van der Waals surface area contributed by atoms with Crippen LogP contribution in [0, 0.1) is 0 Å². The molecule has 0 bridgehead atoms. The third kappa shape index (κ3) is 5.44. The molecule has 0 radical (unpaired) electrons. The summed E-state index contributed by atoms with van der Waals surface area (Å²) in [5.41, 5.74) is 11.4. The summed E-state index contributed by atoms with van der Waals surface area (Å²) in [5, 5.41) is 4.45. The fourth-order valence-electron chi connectivity index (χ4n) is 8.26. The number of allylic oxidation sites excluding steroid dienone is 4. The van der Waals surface area contributed by atoms with Crippen LogP contribution in [0.2, 0.25) is 0 Å². The van der Waals surface area contributed by atoms with E-state index < -0.39 is 0 Å². The minimum Gasteiger partial charge on any atom is -0.456 e. The first kappa shape index (κ1) is 32.1. The Morgan fingerprint density at radius 2 is 1.14 bits per heavy atom. The molecule has 264 valence electrons. The van der Waals surface area contributed by atoms with Crippen LogP contribution in [0.3, 0.4) is 0 Å². The largest absolute Gasteiger partial charge is 0.456 e. The van der Waals surface area contributed by atoms with E-state index in [0.29, 0.717) is 23.4 Å². The van der Waals surface area contributed by atoms with Crippen LogP contribution < -0.4 is 0 Å². The van der Waals surface area contributed by atoms with Crippen molar-refractivity contribution in [3.63, 3.8) is 0 Å². The molecule has 0 N–H and O–H groups in total. The highest BCUT2D eigenvalue weighted by molar-refractivity contribution is 6.14. The second-order valence-electron chi connectivity index (χ2n) is 14.4. The van der Waals surface area contributed by atoms with Crippen molar-refractivity contribution in [2.75, 3.05) is 0 Å². The van der Waals surface area contributed by atoms with E-state index in [0.717, 1.165) is 61.8 Å². The highest BCUT2D eigenvalue weighted by atomic mass is 16.3. The number of nitrogens with zero attached hydrogens (tertiary/aromatic N) is 4. The van der Waals surface area contributed by atoms with Gasteiger partial charge in [-0.05, 0) is 65.6 Å². The molecule has 0 saturated heterocycles. The van der Waals surface area contributed by atoms with Gasteiger partial charge in [-0.2, -0.15) is 0 Å². The molecule has 1 unspecified atom stereocenters. The summed E-state index contributed by atoms with van der Waals surface area (Å²) >= 11 is 0. The molecule has 7 aromatic carbocycles. The van der Waals surface area contributed by atoms with E-state index in [1.807, 2.05) is 72.8 Å². The number of benzene rings is 7. The lowest BCUT2D eigenvalue weighted by Gasteiger charge is -2.14. The van der Waals surface area contributed by atoms with Crippen LogP contribution in [0.1, 0.15) is 17.9 Å². The SMILES string of the molecule is C1=CCC(c2ccc3c(c2)c2cc(-c4ccccc4)ccc2n3-c2ccc3c(c2)oc2cccc(-c4nc(-c5ccccc5)nc(-c5ccccc5)n4)c23)C=C1. The van der Waals surface area contributed by atoms with E-state index in [4.69, 9.17) is 19.4 Å².